The molecule has 1 aliphatic heterocycles. The summed E-state index contributed by atoms with van der Waals surface area (Å²) >= 11 is 0. The predicted molar refractivity (Wildman–Crippen MR) is 74.1 cm³/mol. The molecule has 0 radical (unpaired) electrons. The van der Waals surface area contributed by atoms with E-state index in [-0.39, 0.29) is 11.8 Å². The molecule has 0 unspecified atom stereocenters. The standard InChI is InChI=1S/C15H18N2O2/c1-3-16(4-2)11-17-14(18)10-13(15(17)19)12-8-6-5-7-9-12/h5-10H,3-4,11H2,1-2H3. The van der Waals surface area contributed by atoms with Crippen LogP contribution in [0.15, 0.2) is 36.4 Å². The van der Waals surface area contributed by atoms with E-state index in [0.717, 1.165) is 18.7 Å². The molecule has 0 saturated heterocycles. The molecule has 0 N–H and O–H groups in total. The molecule has 0 atom stereocenters. The fourth-order valence-electron chi connectivity index (χ4n) is 2.09. The van der Waals surface area contributed by atoms with E-state index in [1.165, 1.54) is 11.0 Å². The Balaban J connectivity index is 2.17. The van der Waals surface area contributed by atoms with Gasteiger partial charge in [-0.3, -0.25) is 19.4 Å². The SMILES string of the molecule is CCN(CC)CN1C(=O)C=C(c2ccccc2)C1=O. The number of amides is 2. The van der Waals surface area contributed by atoms with Crippen molar-refractivity contribution >= 4 is 17.4 Å². The molecule has 4 heteroatoms. The Morgan fingerprint density at radius 2 is 1.68 bits per heavy atom. The molecule has 2 amide bonds. The summed E-state index contributed by atoms with van der Waals surface area (Å²) < 4.78 is 0. The van der Waals surface area contributed by atoms with Crippen molar-refractivity contribution in [1.29, 1.82) is 0 Å². The molecule has 1 heterocycles. The van der Waals surface area contributed by atoms with Crippen LogP contribution in [0.5, 0.6) is 0 Å². The summed E-state index contributed by atoms with van der Waals surface area (Å²) in [6.45, 7) is 6.01. The first-order valence-electron chi connectivity index (χ1n) is 6.52. The molecular formula is C15H18N2O2. The van der Waals surface area contributed by atoms with E-state index >= 15 is 0 Å². The monoisotopic (exact) mass is 258 g/mol. The van der Waals surface area contributed by atoms with Gasteiger partial charge in [-0.2, -0.15) is 0 Å². The second kappa shape index (κ2) is 5.80. The highest BCUT2D eigenvalue weighted by Crippen LogP contribution is 2.23. The molecule has 1 aromatic carbocycles. The Kier molecular flexibility index (Phi) is 4.12. The molecule has 1 aliphatic rings. The second-order valence-corrected chi connectivity index (χ2v) is 4.44. The van der Waals surface area contributed by atoms with Crippen LogP contribution in [0, 0.1) is 0 Å². The number of rotatable bonds is 5. The van der Waals surface area contributed by atoms with Gasteiger partial charge in [0.1, 0.15) is 0 Å². The molecule has 1 aromatic rings. The third kappa shape index (κ3) is 2.74. The van der Waals surface area contributed by atoms with Gasteiger partial charge in [-0.15, -0.1) is 0 Å². The average Bonchev–Trinajstić information content (AvgIpc) is 2.73. The fourth-order valence-corrected chi connectivity index (χ4v) is 2.09. The lowest BCUT2D eigenvalue weighted by Crippen LogP contribution is -2.41. The lowest BCUT2D eigenvalue weighted by Gasteiger charge is -2.24. The quantitative estimate of drug-likeness (QED) is 0.755. The van der Waals surface area contributed by atoms with Gasteiger partial charge in [0.2, 0.25) is 0 Å². The molecule has 0 aliphatic carbocycles. The Labute approximate surface area is 113 Å². The molecule has 19 heavy (non-hydrogen) atoms. The lowest BCUT2D eigenvalue weighted by atomic mass is 10.1. The second-order valence-electron chi connectivity index (χ2n) is 4.44. The first kappa shape index (κ1) is 13.5. The van der Waals surface area contributed by atoms with Gasteiger partial charge in [0, 0.05) is 6.08 Å². The number of carbonyl (C=O) groups is 2. The minimum Gasteiger partial charge on any atom is -0.286 e. The first-order valence-corrected chi connectivity index (χ1v) is 6.52. The van der Waals surface area contributed by atoms with E-state index in [1.54, 1.807) is 0 Å². The molecule has 0 saturated carbocycles. The molecular weight excluding hydrogens is 240 g/mol. The zero-order valence-corrected chi connectivity index (χ0v) is 11.3. The molecule has 0 fully saturated rings. The summed E-state index contributed by atoms with van der Waals surface area (Å²) in [5.41, 5.74) is 1.28. The molecule has 100 valence electrons. The highest BCUT2D eigenvalue weighted by Gasteiger charge is 2.32. The largest absolute Gasteiger partial charge is 0.286 e. The Morgan fingerprint density at radius 1 is 1.05 bits per heavy atom. The maximum Gasteiger partial charge on any atom is 0.262 e. The van der Waals surface area contributed by atoms with Crippen LogP contribution in [-0.4, -0.2) is 41.4 Å². The number of hydrogen-bond acceptors (Lipinski definition) is 3. The molecule has 0 bridgehead atoms. The van der Waals surface area contributed by atoms with Crippen molar-refractivity contribution in [2.24, 2.45) is 0 Å². The normalized spacial score (nSPS) is 15.3. The van der Waals surface area contributed by atoms with Crippen LogP contribution in [0.2, 0.25) is 0 Å². The maximum atomic E-state index is 12.3. The molecule has 0 aromatic heterocycles. The van der Waals surface area contributed by atoms with Gasteiger partial charge in [0.05, 0.1) is 12.2 Å². The summed E-state index contributed by atoms with van der Waals surface area (Å²) in [6.07, 6.45) is 1.43. The van der Waals surface area contributed by atoms with E-state index in [4.69, 9.17) is 0 Å². The maximum absolute atomic E-state index is 12.3. The average molecular weight is 258 g/mol. The van der Waals surface area contributed by atoms with Gasteiger partial charge in [0.25, 0.3) is 11.8 Å². The van der Waals surface area contributed by atoms with E-state index < -0.39 is 0 Å². The van der Waals surface area contributed by atoms with E-state index in [1.807, 2.05) is 49.1 Å². The van der Waals surface area contributed by atoms with Crippen molar-refractivity contribution < 1.29 is 9.59 Å². The Morgan fingerprint density at radius 3 is 2.26 bits per heavy atom. The van der Waals surface area contributed by atoms with Crippen LogP contribution in [0.25, 0.3) is 5.57 Å². The minimum atomic E-state index is -0.226. The summed E-state index contributed by atoms with van der Waals surface area (Å²) in [5, 5.41) is 0. The van der Waals surface area contributed by atoms with Crippen LogP contribution < -0.4 is 0 Å². The number of benzene rings is 1. The highest BCUT2D eigenvalue weighted by atomic mass is 16.2. The zero-order chi connectivity index (χ0) is 13.8. The number of carbonyl (C=O) groups excluding carboxylic acids is 2. The topological polar surface area (TPSA) is 40.6 Å². The van der Waals surface area contributed by atoms with Crippen molar-refractivity contribution in [1.82, 2.24) is 9.80 Å². The summed E-state index contributed by atoms with van der Waals surface area (Å²) in [7, 11) is 0. The van der Waals surface area contributed by atoms with Crippen LogP contribution in [0.3, 0.4) is 0 Å². The van der Waals surface area contributed by atoms with E-state index in [2.05, 4.69) is 0 Å². The number of nitrogens with zero attached hydrogens (tertiary/aromatic N) is 2. The lowest BCUT2D eigenvalue weighted by molar-refractivity contribution is -0.138. The van der Waals surface area contributed by atoms with Crippen molar-refractivity contribution in [3.05, 3.63) is 42.0 Å². The predicted octanol–water partition coefficient (Wildman–Crippen LogP) is 1.74. The molecule has 0 spiro atoms. The number of hydrogen-bond donors (Lipinski definition) is 0. The van der Waals surface area contributed by atoms with Gasteiger partial charge < -0.3 is 0 Å². The third-order valence-electron chi connectivity index (χ3n) is 3.33. The van der Waals surface area contributed by atoms with Gasteiger partial charge in [-0.05, 0) is 18.7 Å². The van der Waals surface area contributed by atoms with Crippen LogP contribution in [0.1, 0.15) is 19.4 Å². The summed E-state index contributed by atoms with van der Waals surface area (Å²) in [6, 6.07) is 9.30. The minimum absolute atomic E-state index is 0.205. The highest BCUT2D eigenvalue weighted by molar-refractivity contribution is 6.33. The van der Waals surface area contributed by atoms with Crippen molar-refractivity contribution in [3.63, 3.8) is 0 Å². The van der Waals surface area contributed by atoms with Crippen molar-refractivity contribution in [2.75, 3.05) is 19.8 Å². The van der Waals surface area contributed by atoms with Crippen LogP contribution in [-0.2, 0) is 9.59 Å². The van der Waals surface area contributed by atoms with Crippen LogP contribution >= 0.6 is 0 Å². The fraction of sp³-hybridized carbons (Fsp3) is 0.333. The van der Waals surface area contributed by atoms with Crippen LogP contribution in [0.4, 0.5) is 0 Å². The van der Waals surface area contributed by atoms with Crippen molar-refractivity contribution in [3.8, 4) is 0 Å². The van der Waals surface area contributed by atoms with Gasteiger partial charge in [0.15, 0.2) is 0 Å². The van der Waals surface area contributed by atoms with Gasteiger partial charge in [-0.1, -0.05) is 44.2 Å². The van der Waals surface area contributed by atoms with Gasteiger partial charge in [-0.25, -0.2) is 0 Å². The summed E-state index contributed by atoms with van der Waals surface area (Å²) in [5.74, 6) is -0.432. The van der Waals surface area contributed by atoms with E-state index in [9.17, 15) is 9.59 Å². The molecule has 4 nitrogen and oxygen atoms in total. The third-order valence-corrected chi connectivity index (χ3v) is 3.33. The van der Waals surface area contributed by atoms with Crippen molar-refractivity contribution in [2.45, 2.75) is 13.8 Å². The Hall–Kier alpha value is -1.94. The van der Waals surface area contributed by atoms with Gasteiger partial charge >= 0.3 is 0 Å². The Bertz CT molecular complexity index is 504. The first-order chi connectivity index (χ1) is 9.17. The van der Waals surface area contributed by atoms with E-state index in [0.29, 0.717) is 12.2 Å². The number of imide groups is 1. The molecule has 2 rings (SSSR count). The summed E-state index contributed by atoms with van der Waals surface area (Å²) in [4.78, 5) is 27.6. The zero-order valence-electron chi connectivity index (χ0n) is 11.3. The smallest absolute Gasteiger partial charge is 0.262 e.